The smallest absolute Gasteiger partial charge is 0.344 e. The summed E-state index contributed by atoms with van der Waals surface area (Å²) in [5.41, 5.74) is 6.09. The van der Waals surface area contributed by atoms with E-state index in [0.717, 1.165) is 38.8 Å². The molecule has 7 nitrogen and oxygen atoms in total. The molecule has 0 amide bonds. The molecule has 1 aliphatic heterocycles. The van der Waals surface area contributed by atoms with Crippen LogP contribution in [0.25, 0.3) is 33.0 Å². The first-order valence-corrected chi connectivity index (χ1v) is 11.2. The minimum atomic E-state index is -1.07. The number of esters is 1. The van der Waals surface area contributed by atoms with Gasteiger partial charge >= 0.3 is 5.97 Å². The zero-order valence-corrected chi connectivity index (χ0v) is 20.2. The largest absolute Gasteiger partial charge is 0.431 e. The van der Waals surface area contributed by atoms with Crippen molar-refractivity contribution in [2.24, 2.45) is 14.1 Å². The van der Waals surface area contributed by atoms with Crippen molar-refractivity contribution in [1.29, 1.82) is 0 Å². The van der Waals surface area contributed by atoms with E-state index in [9.17, 15) is 9.59 Å². The van der Waals surface area contributed by atoms with Crippen LogP contribution < -0.4 is 5.56 Å². The van der Waals surface area contributed by atoms with Crippen molar-refractivity contribution in [3.05, 3.63) is 76.0 Å². The second-order valence-corrected chi connectivity index (χ2v) is 9.41. The highest BCUT2D eigenvalue weighted by Gasteiger charge is 2.44. The minimum absolute atomic E-state index is 0.204. The Morgan fingerprint density at radius 3 is 2.26 bits per heavy atom. The van der Waals surface area contributed by atoms with Crippen molar-refractivity contribution < 1.29 is 14.3 Å². The first kappa shape index (κ1) is 22.1. The fraction of sp³-hybridized carbons (Fsp3) is 0.296. The molecule has 1 unspecified atom stereocenters. The van der Waals surface area contributed by atoms with Gasteiger partial charge in [-0.05, 0) is 47.6 Å². The van der Waals surface area contributed by atoms with Crippen LogP contribution in [0.5, 0.6) is 0 Å². The van der Waals surface area contributed by atoms with Crippen molar-refractivity contribution in [1.82, 2.24) is 14.3 Å². The molecule has 3 heterocycles. The lowest BCUT2D eigenvalue weighted by Gasteiger charge is -2.22. The lowest BCUT2D eigenvalue weighted by molar-refractivity contribution is -0.161. The van der Waals surface area contributed by atoms with Gasteiger partial charge in [0.1, 0.15) is 0 Å². The van der Waals surface area contributed by atoms with Gasteiger partial charge in [0.2, 0.25) is 5.79 Å². The number of rotatable bonds is 3. The van der Waals surface area contributed by atoms with Crippen molar-refractivity contribution in [2.75, 3.05) is 0 Å². The van der Waals surface area contributed by atoms with E-state index >= 15 is 0 Å². The number of nitrogens with zero attached hydrogens (tertiary/aromatic N) is 3. The number of hydrogen-bond acceptors (Lipinski definition) is 5. The number of carbonyl (C=O) groups is 1. The van der Waals surface area contributed by atoms with E-state index in [2.05, 4.69) is 18.1 Å². The number of pyridine rings is 1. The van der Waals surface area contributed by atoms with Gasteiger partial charge in [-0.1, -0.05) is 30.3 Å². The summed E-state index contributed by atoms with van der Waals surface area (Å²) in [6, 6.07) is 12.0. The molecule has 4 aromatic rings. The Morgan fingerprint density at radius 1 is 0.912 bits per heavy atom. The lowest BCUT2D eigenvalue weighted by Crippen LogP contribution is -2.26. The Kier molecular flexibility index (Phi) is 4.98. The van der Waals surface area contributed by atoms with Gasteiger partial charge < -0.3 is 14.0 Å². The van der Waals surface area contributed by atoms with Crippen LogP contribution in [0.3, 0.4) is 0 Å². The number of benzene rings is 2. The van der Waals surface area contributed by atoms with Crippen LogP contribution in [0.2, 0.25) is 0 Å². The molecule has 1 atom stereocenters. The lowest BCUT2D eigenvalue weighted by atomic mass is 9.91. The van der Waals surface area contributed by atoms with E-state index < -0.39 is 17.9 Å². The summed E-state index contributed by atoms with van der Waals surface area (Å²) in [6.07, 6.45) is 2.68. The molecule has 2 aromatic carbocycles. The van der Waals surface area contributed by atoms with E-state index in [0.29, 0.717) is 11.1 Å². The summed E-state index contributed by atoms with van der Waals surface area (Å²) < 4.78 is 14.7. The zero-order chi connectivity index (χ0) is 24.4. The van der Waals surface area contributed by atoms with Gasteiger partial charge in [0.25, 0.3) is 5.56 Å². The molecule has 0 N–H and O–H groups in total. The highest BCUT2D eigenvalue weighted by molar-refractivity contribution is 6.00. The number of carbonyl (C=O) groups excluding carboxylic acids is 1. The second kappa shape index (κ2) is 7.67. The summed E-state index contributed by atoms with van der Waals surface area (Å²) in [6.45, 7) is 7.49. The highest BCUT2D eigenvalue weighted by atomic mass is 16.8. The van der Waals surface area contributed by atoms with Gasteiger partial charge in [-0.15, -0.1) is 0 Å². The summed E-state index contributed by atoms with van der Waals surface area (Å²) in [5.74, 6) is -1.58. The van der Waals surface area contributed by atoms with Crippen LogP contribution in [0.1, 0.15) is 36.8 Å². The van der Waals surface area contributed by atoms with Crippen LogP contribution in [0.4, 0.5) is 0 Å². The van der Waals surface area contributed by atoms with Gasteiger partial charge in [0.05, 0.1) is 11.9 Å². The monoisotopic (exact) mass is 457 g/mol. The third kappa shape index (κ3) is 3.53. The average molecular weight is 458 g/mol. The van der Waals surface area contributed by atoms with Crippen molar-refractivity contribution in [3.63, 3.8) is 0 Å². The molecule has 0 aliphatic carbocycles. The zero-order valence-electron chi connectivity index (χ0n) is 20.2. The van der Waals surface area contributed by atoms with Gasteiger partial charge in [0, 0.05) is 50.7 Å². The van der Waals surface area contributed by atoms with Gasteiger partial charge in [-0.25, -0.2) is 4.79 Å². The molecule has 5 rings (SSSR count). The molecule has 0 spiro atoms. The molecular formula is C27H27N3O4. The van der Waals surface area contributed by atoms with E-state index in [1.54, 1.807) is 31.8 Å². The predicted molar refractivity (Wildman–Crippen MR) is 130 cm³/mol. The predicted octanol–water partition coefficient (Wildman–Crippen LogP) is 4.57. The van der Waals surface area contributed by atoms with Gasteiger partial charge in [0.15, 0.2) is 6.10 Å². The van der Waals surface area contributed by atoms with E-state index in [-0.39, 0.29) is 5.56 Å². The summed E-state index contributed by atoms with van der Waals surface area (Å²) in [4.78, 5) is 26.5. The molecule has 1 fully saturated rings. The molecule has 7 heteroatoms. The fourth-order valence-electron chi connectivity index (χ4n) is 4.61. The SMILES string of the molecule is Cc1ccc(-c2c(C3OC(C)(C)OC3=O)n(C)c(=O)c3cc(-c4cnn(C)c4)ccc23)cc1C. The number of fused-ring (bicyclic) bond motifs is 1. The molecule has 0 bridgehead atoms. The first-order chi connectivity index (χ1) is 16.1. The maximum Gasteiger partial charge on any atom is 0.344 e. The van der Waals surface area contributed by atoms with Gasteiger partial charge in [-0.3, -0.25) is 9.48 Å². The maximum atomic E-state index is 13.6. The molecule has 2 aromatic heterocycles. The Morgan fingerprint density at radius 2 is 1.65 bits per heavy atom. The Balaban J connectivity index is 1.85. The highest BCUT2D eigenvalue weighted by Crippen LogP contribution is 2.41. The number of hydrogen-bond donors (Lipinski definition) is 0. The summed E-state index contributed by atoms with van der Waals surface area (Å²) in [5, 5.41) is 5.57. The normalized spacial score (nSPS) is 17.4. The van der Waals surface area contributed by atoms with Crippen molar-refractivity contribution >= 4 is 16.7 Å². The van der Waals surface area contributed by atoms with E-state index in [4.69, 9.17) is 9.47 Å². The fourth-order valence-corrected chi connectivity index (χ4v) is 4.61. The summed E-state index contributed by atoms with van der Waals surface area (Å²) >= 11 is 0. The van der Waals surface area contributed by atoms with Gasteiger partial charge in [-0.2, -0.15) is 5.10 Å². The maximum absolute atomic E-state index is 13.6. The molecule has 0 saturated carbocycles. The molecular weight excluding hydrogens is 430 g/mol. The first-order valence-electron chi connectivity index (χ1n) is 11.2. The topological polar surface area (TPSA) is 75.3 Å². The quantitative estimate of drug-likeness (QED) is 0.421. The van der Waals surface area contributed by atoms with Crippen LogP contribution in [0, 0.1) is 13.8 Å². The van der Waals surface area contributed by atoms with Crippen LogP contribution in [-0.4, -0.2) is 26.1 Å². The number of aryl methyl sites for hydroxylation is 3. The molecule has 1 saturated heterocycles. The molecule has 1 aliphatic rings. The van der Waals surface area contributed by atoms with Crippen molar-refractivity contribution in [2.45, 2.75) is 39.6 Å². The Bertz CT molecular complexity index is 1530. The number of aromatic nitrogens is 3. The third-order valence-electron chi connectivity index (χ3n) is 6.49. The third-order valence-corrected chi connectivity index (χ3v) is 6.49. The molecule has 0 radical (unpaired) electrons. The standard InChI is InChI=1S/C27H27N3O4/c1-15-7-8-18(11-16(15)2)22-20-10-9-17(19-13-28-29(5)14-19)12-21(20)25(31)30(6)23(22)24-26(32)34-27(3,4)33-24/h7-14,24H,1-6H3. The van der Waals surface area contributed by atoms with Crippen LogP contribution in [0.15, 0.2) is 53.6 Å². The molecule has 34 heavy (non-hydrogen) atoms. The average Bonchev–Trinajstić information content (AvgIpc) is 3.33. The Labute approximate surface area is 197 Å². The van der Waals surface area contributed by atoms with Crippen LogP contribution >= 0.6 is 0 Å². The van der Waals surface area contributed by atoms with E-state index in [1.807, 2.05) is 50.5 Å². The van der Waals surface area contributed by atoms with Crippen LogP contribution in [-0.2, 0) is 28.4 Å². The number of cyclic esters (lactones) is 1. The second-order valence-electron chi connectivity index (χ2n) is 9.41. The van der Waals surface area contributed by atoms with E-state index in [1.165, 1.54) is 4.57 Å². The number of ether oxygens (including phenoxy) is 2. The molecule has 174 valence electrons. The Hall–Kier alpha value is -3.71. The van der Waals surface area contributed by atoms with Crippen molar-refractivity contribution in [3.8, 4) is 22.3 Å². The summed E-state index contributed by atoms with van der Waals surface area (Å²) in [7, 11) is 3.54. The minimum Gasteiger partial charge on any atom is -0.431 e.